The summed E-state index contributed by atoms with van der Waals surface area (Å²) in [6.07, 6.45) is 9.22. The molecule has 1 heteroatoms. The highest BCUT2D eigenvalue weighted by molar-refractivity contribution is 7.94. The molecule has 3 rings (SSSR count). The van der Waals surface area contributed by atoms with Crippen LogP contribution in [-0.2, 0) is 0 Å². The Morgan fingerprint density at radius 2 is 1.03 bits per heavy atom. The van der Waals surface area contributed by atoms with Gasteiger partial charge in [0, 0.05) is 0 Å². The number of hydrogen-bond donors (Lipinski definition) is 0. The first kappa shape index (κ1) is 24.6. The highest BCUT2D eigenvalue weighted by Gasteiger charge is 2.24. The van der Waals surface area contributed by atoms with Gasteiger partial charge in [-0.05, 0) is 53.9 Å². The maximum atomic E-state index is 2.69. The van der Waals surface area contributed by atoms with Gasteiger partial charge in [0.25, 0.3) is 0 Å². The van der Waals surface area contributed by atoms with Crippen LogP contribution in [0.5, 0.6) is 0 Å². The van der Waals surface area contributed by atoms with Crippen LogP contribution in [0.15, 0.2) is 91.0 Å². The maximum absolute atomic E-state index is 2.69. The lowest BCUT2D eigenvalue weighted by atomic mass is 9.90. The second-order valence-electron chi connectivity index (χ2n) is 9.43. The van der Waals surface area contributed by atoms with E-state index in [4.69, 9.17) is 0 Å². The zero-order valence-electron chi connectivity index (χ0n) is 20.3. The second-order valence-corrected chi connectivity index (χ2v) is 12.8. The van der Waals surface area contributed by atoms with Crippen molar-refractivity contribution in [1.29, 1.82) is 0 Å². The summed E-state index contributed by atoms with van der Waals surface area (Å²) in [6.45, 7) is 5.41. The zero-order chi connectivity index (χ0) is 22.7. The molecule has 0 bridgehead atoms. The molecule has 0 saturated carbocycles. The monoisotopic (exact) mass is 444 g/mol. The molecule has 0 amide bonds. The van der Waals surface area contributed by atoms with E-state index >= 15 is 0 Å². The van der Waals surface area contributed by atoms with Gasteiger partial charge in [0.05, 0.1) is 0 Å². The molecule has 0 unspecified atom stereocenters. The molecule has 2 atom stereocenters. The Labute approximate surface area is 197 Å². The Hall–Kier alpha value is -2.04. The molecule has 0 aliphatic carbocycles. The molecule has 0 radical (unpaired) electrons. The third-order valence-electron chi connectivity index (χ3n) is 6.65. The van der Waals surface area contributed by atoms with Gasteiger partial charge in [0.15, 0.2) is 0 Å². The van der Waals surface area contributed by atoms with Crippen LogP contribution in [0.3, 0.4) is 0 Å². The lowest BCUT2D eigenvalue weighted by Gasteiger charge is -2.29. The molecular weight excluding hydrogens is 403 g/mol. The van der Waals surface area contributed by atoms with Crippen LogP contribution in [0.25, 0.3) is 0 Å². The summed E-state index contributed by atoms with van der Waals surface area (Å²) in [6, 6.07) is 33.6. The van der Waals surface area contributed by atoms with Crippen LogP contribution in [0.4, 0.5) is 0 Å². The molecule has 3 aromatic carbocycles. The summed E-state index contributed by atoms with van der Waals surface area (Å²) in [5.74, 6) is 4.37. The molecule has 0 N–H and O–H groups in total. The zero-order valence-corrected chi connectivity index (χ0v) is 21.2. The first-order valence-electron chi connectivity index (χ1n) is 12.6. The van der Waals surface area contributed by atoms with Crippen molar-refractivity contribution < 1.29 is 0 Å². The minimum Gasteiger partial charge on any atom is -0.0742 e. The summed E-state index contributed by atoms with van der Waals surface area (Å²) in [4.78, 5) is 0. The lowest BCUT2D eigenvalue weighted by Crippen LogP contribution is -2.27. The van der Waals surface area contributed by atoms with E-state index in [0.717, 1.165) is 11.8 Å². The van der Waals surface area contributed by atoms with Crippen LogP contribution in [0.1, 0.15) is 65.7 Å². The van der Waals surface area contributed by atoms with Crippen LogP contribution in [0, 0.1) is 11.8 Å². The number of rotatable bonds is 12. The van der Waals surface area contributed by atoms with Crippen molar-refractivity contribution >= 4 is 28.6 Å². The van der Waals surface area contributed by atoms with Crippen LogP contribution < -0.4 is 15.9 Å². The fraction of sp³-hybridized carbons (Fsp3) is 0.387. The fourth-order valence-electron chi connectivity index (χ4n) is 4.98. The third-order valence-corrected chi connectivity index (χ3v) is 10.8. The Morgan fingerprint density at radius 1 is 0.625 bits per heavy atom. The lowest BCUT2D eigenvalue weighted by molar-refractivity contribution is 0.366. The molecule has 0 heterocycles. The van der Waals surface area contributed by atoms with Crippen molar-refractivity contribution in [3.63, 3.8) is 0 Å². The Bertz CT molecular complexity index is 840. The van der Waals surface area contributed by atoms with Crippen molar-refractivity contribution in [2.24, 2.45) is 11.8 Å². The van der Waals surface area contributed by atoms with E-state index in [-0.39, 0.29) is 0 Å². The molecule has 0 aliphatic rings. The molecule has 0 nitrogen and oxygen atoms in total. The van der Waals surface area contributed by atoms with Crippen molar-refractivity contribution in [3.8, 4) is 0 Å². The van der Waals surface area contributed by atoms with Gasteiger partial charge in [-0.3, -0.25) is 0 Å². The predicted molar refractivity (Wildman–Crippen MR) is 148 cm³/mol. The fourth-order valence-corrected chi connectivity index (χ4v) is 9.00. The molecule has 0 aromatic heterocycles. The van der Waals surface area contributed by atoms with Crippen LogP contribution in [-0.4, -0.2) is 5.80 Å². The molecule has 170 valence electrons. The molecule has 0 fully saturated rings. The standard InChI is InChI=1S/C31H41P/c1-4-5-17-27(2)26-28(3)18-15-16-25-32(29-19-9-6-10-20-29,30-21-11-7-12-22-30)31-23-13-8-14-24-31/h6-14,19-25,27-28H,4-5,15-18,26H2,1-3H3/t27-,28+/m0/s1. The smallest absolute Gasteiger partial charge is 0.0163 e. The SMILES string of the molecule is CCCC[C@H](C)C[C@H](C)CCCC=P(c1ccccc1)(c1ccccc1)c1ccccc1. The summed E-state index contributed by atoms with van der Waals surface area (Å²) in [5.41, 5.74) is 0. The van der Waals surface area contributed by atoms with Crippen molar-refractivity contribution in [2.75, 3.05) is 0 Å². The van der Waals surface area contributed by atoms with E-state index in [1.807, 2.05) is 0 Å². The van der Waals surface area contributed by atoms with Gasteiger partial charge < -0.3 is 0 Å². The third kappa shape index (κ3) is 6.49. The van der Waals surface area contributed by atoms with E-state index in [2.05, 4.69) is 118 Å². The van der Waals surface area contributed by atoms with Crippen LogP contribution in [0.2, 0.25) is 0 Å². The normalized spacial score (nSPS) is 13.5. The summed E-state index contributed by atoms with van der Waals surface area (Å²) in [5, 5.41) is 4.37. The Morgan fingerprint density at radius 3 is 1.44 bits per heavy atom. The largest absolute Gasteiger partial charge is 0.0742 e. The van der Waals surface area contributed by atoms with Gasteiger partial charge in [0.1, 0.15) is 0 Å². The molecular formula is C31H41P. The topological polar surface area (TPSA) is 0 Å². The van der Waals surface area contributed by atoms with Gasteiger partial charge >= 0.3 is 0 Å². The van der Waals surface area contributed by atoms with Gasteiger partial charge in [-0.15, -0.1) is 0 Å². The van der Waals surface area contributed by atoms with Gasteiger partial charge in [-0.1, -0.05) is 143 Å². The highest BCUT2D eigenvalue weighted by Crippen LogP contribution is 2.44. The van der Waals surface area contributed by atoms with Gasteiger partial charge in [-0.2, -0.15) is 0 Å². The van der Waals surface area contributed by atoms with E-state index in [0.29, 0.717) is 0 Å². The molecule has 0 spiro atoms. The van der Waals surface area contributed by atoms with E-state index < -0.39 is 6.89 Å². The summed E-state index contributed by atoms with van der Waals surface area (Å²) in [7, 11) is 0. The second kappa shape index (κ2) is 12.9. The minimum atomic E-state index is -1.78. The molecule has 3 aromatic rings. The predicted octanol–water partition coefficient (Wildman–Crippen LogP) is 7.81. The number of benzene rings is 3. The minimum absolute atomic E-state index is 0.813. The van der Waals surface area contributed by atoms with Crippen molar-refractivity contribution in [1.82, 2.24) is 0 Å². The molecule has 0 saturated heterocycles. The average Bonchev–Trinajstić information content (AvgIpc) is 2.84. The summed E-state index contributed by atoms with van der Waals surface area (Å²) < 4.78 is 0. The molecule has 32 heavy (non-hydrogen) atoms. The van der Waals surface area contributed by atoms with Gasteiger partial charge in [0.2, 0.25) is 0 Å². The Balaban J connectivity index is 1.87. The van der Waals surface area contributed by atoms with Crippen LogP contribution >= 0.6 is 6.89 Å². The number of hydrogen-bond acceptors (Lipinski definition) is 0. The van der Waals surface area contributed by atoms with Crippen molar-refractivity contribution in [3.05, 3.63) is 91.0 Å². The summed E-state index contributed by atoms with van der Waals surface area (Å²) >= 11 is 0. The highest BCUT2D eigenvalue weighted by atomic mass is 31.2. The molecule has 0 aliphatic heterocycles. The van der Waals surface area contributed by atoms with E-state index in [1.165, 1.54) is 60.9 Å². The van der Waals surface area contributed by atoms with Crippen molar-refractivity contribution in [2.45, 2.75) is 65.7 Å². The van der Waals surface area contributed by atoms with E-state index in [9.17, 15) is 0 Å². The van der Waals surface area contributed by atoms with E-state index in [1.54, 1.807) is 0 Å². The number of unbranched alkanes of at least 4 members (excludes halogenated alkanes) is 2. The first-order valence-corrected chi connectivity index (χ1v) is 14.4. The Kier molecular flexibility index (Phi) is 9.89. The first-order chi connectivity index (χ1) is 15.7. The average molecular weight is 445 g/mol. The van der Waals surface area contributed by atoms with Gasteiger partial charge in [-0.25, -0.2) is 0 Å². The quantitative estimate of drug-likeness (QED) is 0.197. The maximum Gasteiger partial charge on any atom is -0.0163 e.